The maximum Gasteiger partial charge on any atom is 0.303 e. The summed E-state index contributed by atoms with van der Waals surface area (Å²) in [6.45, 7) is 2.81. The molecule has 1 heterocycles. The first-order valence-electron chi connectivity index (χ1n) is 13.2. The number of likely N-dealkylation sites (tertiary alicyclic amines) is 1. The van der Waals surface area contributed by atoms with Crippen LogP contribution in [0.2, 0.25) is 0 Å². The molecule has 2 rings (SSSR count). The number of nitrogens with one attached hydrogen (secondary N) is 3. The Morgan fingerprint density at radius 3 is 2.17 bits per heavy atom. The van der Waals surface area contributed by atoms with Gasteiger partial charge in [-0.3, -0.25) is 28.8 Å². The average Bonchev–Trinajstić information content (AvgIpc) is 3.39. The SMILES string of the molecule is CC(N)C(=O)NC(CCC(=O)O)C(=O)N1CCCC1C(=O)NC(Cc1ccc(O)cc1)C(=O)NC(C(N)=O)C(C)O. The highest BCUT2D eigenvalue weighted by Gasteiger charge is 2.39. The van der Waals surface area contributed by atoms with Crippen molar-refractivity contribution in [3.05, 3.63) is 29.8 Å². The number of carbonyl (C=O) groups is 6. The lowest BCUT2D eigenvalue weighted by molar-refractivity contribution is -0.143. The molecule has 1 aliphatic rings. The van der Waals surface area contributed by atoms with E-state index in [-0.39, 0.29) is 31.6 Å². The molecule has 0 aliphatic carbocycles. The summed E-state index contributed by atoms with van der Waals surface area (Å²) in [6, 6.07) is -0.113. The third kappa shape index (κ3) is 9.72. The zero-order chi connectivity index (χ0) is 30.9. The van der Waals surface area contributed by atoms with E-state index in [1.807, 2.05) is 0 Å². The summed E-state index contributed by atoms with van der Waals surface area (Å²) >= 11 is 0. The summed E-state index contributed by atoms with van der Waals surface area (Å²) < 4.78 is 0. The fourth-order valence-corrected chi connectivity index (χ4v) is 4.36. The van der Waals surface area contributed by atoms with E-state index in [1.54, 1.807) is 0 Å². The number of hydrogen-bond acceptors (Lipinski definition) is 9. The molecule has 1 aromatic rings. The van der Waals surface area contributed by atoms with Gasteiger partial charge in [-0.1, -0.05) is 12.1 Å². The normalized spacial score (nSPS) is 18.3. The molecule has 15 nitrogen and oxygen atoms in total. The Hall–Kier alpha value is -4.24. The molecule has 0 saturated carbocycles. The lowest BCUT2D eigenvalue weighted by Crippen LogP contribution is -2.59. The van der Waals surface area contributed by atoms with Gasteiger partial charge in [-0.05, 0) is 50.8 Å². The summed E-state index contributed by atoms with van der Waals surface area (Å²) in [5.41, 5.74) is 11.4. The highest BCUT2D eigenvalue weighted by molar-refractivity contribution is 5.96. The molecule has 41 heavy (non-hydrogen) atoms. The number of hydrogen-bond donors (Lipinski definition) is 8. The Bertz CT molecular complexity index is 1120. The Balaban J connectivity index is 2.27. The van der Waals surface area contributed by atoms with E-state index >= 15 is 0 Å². The maximum absolute atomic E-state index is 13.4. The lowest BCUT2D eigenvalue weighted by atomic mass is 10.0. The van der Waals surface area contributed by atoms with Crippen molar-refractivity contribution in [1.82, 2.24) is 20.9 Å². The number of nitrogens with zero attached hydrogens (tertiary/aromatic N) is 1. The fraction of sp³-hybridized carbons (Fsp3) is 0.538. The van der Waals surface area contributed by atoms with Crippen LogP contribution in [0.4, 0.5) is 0 Å². The van der Waals surface area contributed by atoms with Gasteiger partial charge in [-0.2, -0.15) is 0 Å². The van der Waals surface area contributed by atoms with Crippen LogP contribution in [-0.4, -0.2) is 98.6 Å². The standard InChI is InChI=1S/C26H38N6O9/c1-13(27)23(38)29-17(9-10-20(35)36)26(41)32-11-3-4-19(32)25(40)30-18(12-15-5-7-16(34)8-6-15)24(39)31-21(14(2)33)22(28)37/h5-8,13-14,17-19,21,33-34H,3-4,9-12,27H2,1-2H3,(H2,28,37)(H,29,38)(H,30,40)(H,31,39)(H,35,36). The van der Waals surface area contributed by atoms with E-state index < -0.39 is 78.2 Å². The number of aliphatic carboxylic acids is 1. The molecule has 0 radical (unpaired) electrons. The molecule has 226 valence electrons. The predicted octanol–water partition coefficient (Wildman–Crippen LogP) is -2.54. The summed E-state index contributed by atoms with van der Waals surface area (Å²) in [7, 11) is 0. The second kappa shape index (κ2) is 14.9. The number of benzene rings is 1. The van der Waals surface area contributed by atoms with Gasteiger partial charge in [0.1, 0.15) is 29.9 Å². The van der Waals surface area contributed by atoms with Crippen molar-refractivity contribution < 1.29 is 44.1 Å². The number of primary amides is 1. The van der Waals surface area contributed by atoms with Gasteiger partial charge in [0, 0.05) is 19.4 Å². The number of rotatable bonds is 14. The van der Waals surface area contributed by atoms with Crippen molar-refractivity contribution >= 4 is 35.5 Å². The van der Waals surface area contributed by atoms with Crippen LogP contribution in [-0.2, 0) is 35.2 Å². The van der Waals surface area contributed by atoms with Gasteiger partial charge in [0.15, 0.2) is 0 Å². The molecule has 1 aliphatic heterocycles. The number of carboxylic acids is 1. The molecule has 1 saturated heterocycles. The van der Waals surface area contributed by atoms with Crippen LogP contribution in [0.15, 0.2) is 24.3 Å². The van der Waals surface area contributed by atoms with E-state index in [2.05, 4.69) is 16.0 Å². The minimum absolute atomic E-state index is 0.0182. The van der Waals surface area contributed by atoms with Crippen molar-refractivity contribution in [3.8, 4) is 5.75 Å². The molecule has 6 atom stereocenters. The van der Waals surface area contributed by atoms with Crippen LogP contribution >= 0.6 is 0 Å². The average molecular weight is 579 g/mol. The molecule has 1 fully saturated rings. The molecule has 5 amide bonds. The van der Waals surface area contributed by atoms with E-state index in [9.17, 15) is 39.0 Å². The first-order chi connectivity index (χ1) is 19.2. The lowest BCUT2D eigenvalue weighted by Gasteiger charge is -2.30. The third-order valence-corrected chi connectivity index (χ3v) is 6.61. The quantitative estimate of drug-likeness (QED) is 0.115. The molecular formula is C26H38N6O9. The number of phenolic OH excluding ortho intramolecular Hbond substituents is 1. The molecule has 0 bridgehead atoms. The first-order valence-corrected chi connectivity index (χ1v) is 13.2. The van der Waals surface area contributed by atoms with Crippen molar-refractivity contribution in [3.63, 3.8) is 0 Å². The third-order valence-electron chi connectivity index (χ3n) is 6.61. The van der Waals surface area contributed by atoms with Crippen LogP contribution < -0.4 is 27.4 Å². The van der Waals surface area contributed by atoms with Crippen molar-refractivity contribution in [1.29, 1.82) is 0 Å². The zero-order valence-corrected chi connectivity index (χ0v) is 22.9. The molecule has 0 aromatic heterocycles. The summed E-state index contributed by atoms with van der Waals surface area (Å²) in [6.07, 6.45) is -1.38. The van der Waals surface area contributed by atoms with Crippen molar-refractivity contribution in [2.75, 3.05) is 6.54 Å². The second-order valence-electron chi connectivity index (χ2n) is 10.0. The molecule has 15 heteroatoms. The van der Waals surface area contributed by atoms with Gasteiger partial charge in [-0.15, -0.1) is 0 Å². The van der Waals surface area contributed by atoms with E-state index in [0.717, 1.165) is 0 Å². The number of carboxylic acid groups (broad SMARTS) is 1. The number of aliphatic hydroxyl groups is 1. The summed E-state index contributed by atoms with van der Waals surface area (Å²) in [4.78, 5) is 76.2. The van der Waals surface area contributed by atoms with Crippen molar-refractivity contribution in [2.24, 2.45) is 11.5 Å². The smallest absolute Gasteiger partial charge is 0.303 e. The van der Waals surface area contributed by atoms with E-state index in [1.165, 1.54) is 43.0 Å². The minimum Gasteiger partial charge on any atom is -0.508 e. The Morgan fingerprint density at radius 2 is 1.63 bits per heavy atom. The number of phenols is 1. The second-order valence-corrected chi connectivity index (χ2v) is 10.0. The highest BCUT2D eigenvalue weighted by Crippen LogP contribution is 2.21. The van der Waals surface area contributed by atoms with Crippen LogP contribution in [0.1, 0.15) is 45.1 Å². The van der Waals surface area contributed by atoms with Crippen LogP contribution in [0.5, 0.6) is 5.75 Å². The summed E-state index contributed by atoms with van der Waals surface area (Å²) in [5, 5.41) is 35.9. The molecule has 10 N–H and O–H groups in total. The highest BCUT2D eigenvalue weighted by atomic mass is 16.4. The number of aromatic hydroxyl groups is 1. The maximum atomic E-state index is 13.4. The number of carbonyl (C=O) groups excluding carboxylic acids is 5. The van der Waals surface area contributed by atoms with Gasteiger partial charge in [0.25, 0.3) is 0 Å². The Labute approximate surface area is 236 Å². The Morgan fingerprint density at radius 1 is 1.00 bits per heavy atom. The van der Waals surface area contributed by atoms with E-state index in [4.69, 9.17) is 16.6 Å². The van der Waals surface area contributed by atoms with Gasteiger partial charge >= 0.3 is 5.97 Å². The monoisotopic (exact) mass is 578 g/mol. The molecule has 6 unspecified atom stereocenters. The molecule has 1 aromatic carbocycles. The van der Waals surface area contributed by atoms with E-state index in [0.29, 0.717) is 12.0 Å². The minimum atomic E-state index is -1.44. The molecule has 0 spiro atoms. The predicted molar refractivity (Wildman–Crippen MR) is 144 cm³/mol. The van der Waals surface area contributed by atoms with Crippen LogP contribution in [0, 0.1) is 0 Å². The largest absolute Gasteiger partial charge is 0.508 e. The summed E-state index contributed by atoms with van der Waals surface area (Å²) in [5.74, 6) is -5.04. The van der Waals surface area contributed by atoms with Gasteiger partial charge in [0.05, 0.1) is 12.1 Å². The van der Waals surface area contributed by atoms with Crippen LogP contribution in [0.3, 0.4) is 0 Å². The van der Waals surface area contributed by atoms with Crippen LogP contribution in [0.25, 0.3) is 0 Å². The molecular weight excluding hydrogens is 540 g/mol. The Kier molecular flexibility index (Phi) is 12.0. The fourth-order valence-electron chi connectivity index (χ4n) is 4.36. The number of nitrogens with two attached hydrogens (primary N) is 2. The van der Waals surface area contributed by atoms with Gasteiger partial charge in [0.2, 0.25) is 29.5 Å². The number of aliphatic hydroxyl groups excluding tert-OH is 1. The topological polar surface area (TPSA) is 254 Å². The number of amides is 5. The van der Waals surface area contributed by atoms with Gasteiger partial charge < -0.3 is 47.6 Å². The first kappa shape index (κ1) is 33.0. The van der Waals surface area contributed by atoms with Gasteiger partial charge in [-0.25, -0.2) is 0 Å². The zero-order valence-electron chi connectivity index (χ0n) is 22.9. The van der Waals surface area contributed by atoms with Crippen molar-refractivity contribution in [2.45, 2.75) is 82.3 Å².